The van der Waals surface area contributed by atoms with Crippen molar-refractivity contribution in [3.63, 3.8) is 0 Å². The summed E-state index contributed by atoms with van der Waals surface area (Å²) in [6.45, 7) is 1.94. The highest BCUT2D eigenvalue weighted by atomic mass is 32.1. The number of carbonyl (C=O) groups is 1. The molecule has 0 radical (unpaired) electrons. The van der Waals surface area contributed by atoms with Crippen LogP contribution in [-0.2, 0) is 0 Å². The molecular formula is C12H12N2OS. The summed E-state index contributed by atoms with van der Waals surface area (Å²) in [6, 6.07) is 9.67. The van der Waals surface area contributed by atoms with Crippen molar-refractivity contribution in [2.45, 2.75) is 6.92 Å². The summed E-state index contributed by atoms with van der Waals surface area (Å²) in [5.41, 5.74) is 13.4. The van der Waals surface area contributed by atoms with Gasteiger partial charge in [0.2, 0.25) is 0 Å². The molecule has 16 heavy (non-hydrogen) atoms. The van der Waals surface area contributed by atoms with E-state index >= 15 is 0 Å². The first-order valence-corrected chi connectivity index (χ1v) is 5.67. The molecule has 0 aliphatic rings. The van der Waals surface area contributed by atoms with Crippen molar-refractivity contribution in [1.82, 2.24) is 0 Å². The van der Waals surface area contributed by atoms with E-state index in [1.54, 1.807) is 0 Å². The Labute approximate surface area is 97.7 Å². The number of aryl methyl sites for hydroxylation is 1. The average Bonchev–Trinajstić information content (AvgIpc) is 2.55. The van der Waals surface area contributed by atoms with Gasteiger partial charge in [-0.3, -0.25) is 4.79 Å². The summed E-state index contributed by atoms with van der Waals surface area (Å²) < 4.78 is 0. The van der Waals surface area contributed by atoms with E-state index in [1.807, 2.05) is 37.3 Å². The molecule has 4 heteroatoms. The molecule has 1 aromatic carbocycles. The minimum Gasteiger partial charge on any atom is -0.390 e. The number of hydrogen-bond acceptors (Lipinski definition) is 3. The first kappa shape index (κ1) is 10.7. The number of nitrogens with two attached hydrogens (primary N) is 2. The van der Waals surface area contributed by atoms with E-state index in [1.165, 1.54) is 11.3 Å². The van der Waals surface area contributed by atoms with Crippen LogP contribution in [0, 0.1) is 6.92 Å². The zero-order valence-corrected chi connectivity index (χ0v) is 9.67. The van der Waals surface area contributed by atoms with Crippen molar-refractivity contribution < 1.29 is 4.79 Å². The standard InChI is InChI=1S/C12H12N2OS/c1-7-9(8-5-3-2-4-6-8)10(11(13)15)12(14)16-7/h2-6H,14H2,1H3,(H2,13,15). The maximum Gasteiger partial charge on any atom is 0.252 e. The zero-order chi connectivity index (χ0) is 11.7. The van der Waals surface area contributed by atoms with Crippen molar-refractivity contribution in [3.8, 4) is 11.1 Å². The molecule has 82 valence electrons. The molecule has 0 atom stereocenters. The number of anilines is 1. The molecule has 0 saturated heterocycles. The van der Waals surface area contributed by atoms with Gasteiger partial charge in [-0.25, -0.2) is 0 Å². The number of nitrogen functional groups attached to an aromatic ring is 1. The average molecular weight is 232 g/mol. The highest BCUT2D eigenvalue weighted by molar-refractivity contribution is 7.16. The van der Waals surface area contributed by atoms with Gasteiger partial charge in [0, 0.05) is 10.4 Å². The van der Waals surface area contributed by atoms with E-state index in [4.69, 9.17) is 11.5 Å². The fraction of sp³-hybridized carbons (Fsp3) is 0.0833. The summed E-state index contributed by atoms with van der Waals surface area (Å²) in [6.07, 6.45) is 0. The third-order valence-electron chi connectivity index (χ3n) is 2.42. The number of benzene rings is 1. The van der Waals surface area contributed by atoms with Gasteiger partial charge < -0.3 is 11.5 Å². The van der Waals surface area contributed by atoms with Crippen molar-refractivity contribution in [3.05, 3.63) is 40.8 Å². The molecule has 4 N–H and O–H groups in total. The lowest BCUT2D eigenvalue weighted by Crippen LogP contribution is -2.13. The van der Waals surface area contributed by atoms with Crippen LogP contribution in [0.2, 0.25) is 0 Å². The SMILES string of the molecule is Cc1sc(N)c(C(N)=O)c1-c1ccccc1. The van der Waals surface area contributed by atoms with E-state index in [2.05, 4.69) is 0 Å². The monoisotopic (exact) mass is 232 g/mol. The van der Waals surface area contributed by atoms with Crippen LogP contribution in [0.5, 0.6) is 0 Å². The maximum absolute atomic E-state index is 11.4. The first-order valence-electron chi connectivity index (χ1n) is 4.85. The lowest BCUT2D eigenvalue weighted by Gasteiger charge is -2.03. The van der Waals surface area contributed by atoms with Gasteiger partial charge >= 0.3 is 0 Å². The molecule has 0 saturated carbocycles. The number of hydrogen-bond donors (Lipinski definition) is 2. The predicted molar refractivity (Wildman–Crippen MR) is 67.4 cm³/mol. The molecule has 0 aliphatic heterocycles. The lowest BCUT2D eigenvalue weighted by atomic mass is 10.0. The largest absolute Gasteiger partial charge is 0.390 e. The van der Waals surface area contributed by atoms with Crippen LogP contribution in [0.25, 0.3) is 11.1 Å². The van der Waals surface area contributed by atoms with Gasteiger partial charge in [0.25, 0.3) is 5.91 Å². The van der Waals surface area contributed by atoms with Gasteiger partial charge in [-0.15, -0.1) is 11.3 Å². The Morgan fingerprint density at radius 1 is 1.25 bits per heavy atom. The number of primary amides is 1. The van der Waals surface area contributed by atoms with Crippen molar-refractivity contribution in [2.75, 3.05) is 5.73 Å². The fourth-order valence-corrected chi connectivity index (χ4v) is 2.72. The second-order valence-electron chi connectivity index (χ2n) is 3.50. The zero-order valence-electron chi connectivity index (χ0n) is 8.86. The Kier molecular flexibility index (Phi) is 2.66. The maximum atomic E-state index is 11.4. The molecular weight excluding hydrogens is 220 g/mol. The lowest BCUT2D eigenvalue weighted by molar-refractivity contribution is 0.100. The van der Waals surface area contributed by atoms with Crippen LogP contribution in [0.4, 0.5) is 5.00 Å². The van der Waals surface area contributed by atoms with E-state index in [-0.39, 0.29) is 0 Å². The summed E-state index contributed by atoms with van der Waals surface area (Å²) in [7, 11) is 0. The van der Waals surface area contributed by atoms with Crippen molar-refractivity contribution in [1.29, 1.82) is 0 Å². The minimum atomic E-state index is -0.472. The van der Waals surface area contributed by atoms with E-state index in [9.17, 15) is 4.79 Å². The molecule has 0 aliphatic carbocycles. The van der Waals surface area contributed by atoms with Crippen LogP contribution in [0.1, 0.15) is 15.2 Å². The Hall–Kier alpha value is -1.81. The summed E-state index contributed by atoms with van der Waals surface area (Å²) in [5.74, 6) is -0.472. The second kappa shape index (κ2) is 3.98. The Morgan fingerprint density at radius 3 is 2.44 bits per heavy atom. The van der Waals surface area contributed by atoms with E-state index < -0.39 is 5.91 Å². The van der Waals surface area contributed by atoms with Gasteiger partial charge in [-0.2, -0.15) is 0 Å². The summed E-state index contributed by atoms with van der Waals surface area (Å²) in [5, 5.41) is 0.490. The van der Waals surface area contributed by atoms with Crippen molar-refractivity contribution in [2.24, 2.45) is 5.73 Å². The highest BCUT2D eigenvalue weighted by Crippen LogP contribution is 2.37. The van der Waals surface area contributed by atoms with Crippen LogP contribution < -0.4 is 11.5 Å². The van der Waals surface area contributed by atoms with Gasteiger partial charge in [0.1, 0.15) is 0 Å². The number of thiophene rings is 1. The summed E-state index contributed by atoms with van der Waals surface area (Å²) in [4.78, 5) is 12.4. The van der Waals surface area contributed by atoms with Crippen molar-refractivity contribution >= 4 is 22.2 Å². The molecule has 2 aromatic rings. The molecule has 0 spiro atoms. The molecule has 0 fully saturated rings. The highest BCUT2D eigenvalue weighted by Gasteiger charge is 2.19. The van der Waals surface area contributed by atoms with E-state index in [0.29, 0.717) is 10.6 Å². The topological polar surface area (TPSA) is 69.1 Å². The Morgan fingerprint density at radius 2 is 1.88 bits per heavy atom. The Balaban J connectivity index is 2.69. The third-order valence-corrected chi connectivity index (χ3v) is 3.35. The Bertz CT molecular complexity index is 531. The van der Waals surface area contributed by atoms with Crippen LogP contribution in [-0.4, -0.2) is 5.91 Å². The number of carbonyl (C=O) groups excluding carboxylic acids is 1. The molecule has 3 nitrogen and oxygen atoms in total. The first-order chi connectivity index (χ1) is 7.61. The minimum absolute atomic E-state index is 0.439. The van der Waals surface area contributed by atoms with Gasteiger partial charge in [-0.05, 0) is 12.5 Å². The summed E-state index contributed by atoms with van der Waals surface area (Å²) >= 11 is 1.40. The smallest absolute Gasteiger partial charge is 0.252 e. The van der Waals surface area contributed by atoms with Crippen LogP contribution >= 0.6 is 11.3 Å². The fourth-order valence-electron chi connectivity index (χ4n) is 1.76. The molecule has 1 heterocycles. The number of amides is 1. The van der Waals surface area contributed by atoms with Crippen LogP contribution in [0.15, 0.2) is 30.3 Å². The quantitative estimate of drug-likeness (QED) is 0.834. The molecule has 2 rings (SSSR count). The van der Waals surface area contributed by atoms with Gasteiger partial charge in [-0.1, -0.05) is 30.3 Å². The molecule has 0 bridgehead atoms. The van der Waals surface area contributed by atoms with E-state index in [0.717, 1.165) is 16.0 Å². The number of rotatable bonds is 2. The van der Waals surface area contributed by atoms with Gasteiger partial charge in [0.05, 0.1) is 10.6 Å². The van der Waals surface area contributed by atoms with Crippen LogP contribution in [0.3, 0.4) is 0 Å². The molecule has 1 amide bonds. The molecule has 1 aromatic heterocycles. The molecule has 0 unspecified atom stereocenters. The second-order valence-corrected chi connectivity index (χ2v) is 4.76. The normalized spacial score (nSPS) is 10.3. The van der Waals surface area contributed by atoms with Gasteiger partial charge in [0.15, 0.2) is 0 Å². The predicted octanol–water partition coefficient (Wildman–Crippen LogP) is 2.40. The third kappa shape index (κ3) is 1.67.